The lowest BCUT2D eigenvalue weighted by molar-refractivity contribution is 1.09. The summed E-state index contributed by atoms with van der Waals surface area (Å²) < 4.78 is 0. The predicted octanol–water partition coefficient (Wildman–Crippen LogP) is 7.79. The average molecular weight is 801 g/mol. The smallest absolute Gasteiger partial charge is 0.159 e. The Balaban J connectivity index is 0.000000141. The number of pyridine rings is 6. The molecule has 18 heteroatoms. The third kappa shape index (κ3) is 6.84. The maximum atomic E-state index is 4.84. The van der Waals surface area contributed by atoms with Gasteiger partial charge in [-0.15, -0.1) is 0 Å². The van der Waals surface area contributed by atoms with Crippen LogP contribution in [0.25, 0.3) is 112 Å². The molecule has 0 unspecified atom stereocenters. The van der Waals surface area contributed by atoms with Gasteiger partial charge >= 0.3 is 0 Å². The van der Waals surface area contributed by atoms with Gasteiger partial charge < -0.3 is 9.97 Å². The molecule has 0 aliphatic rings. The van der Waals surface area contributed by atoms with Crippen molar-refractivity contribution in [2.75, 3.05) is 0 Å². The SMILES string of the molecule is CC.c1cc(-c2cncc3[nH]c(-c4n[nH]c5cnc(-c6cn[nH]c6)cc45)nc23)ccn1.c1cncc(-c2cncc3[nH]c(-c4n[nH]c5cnc(-c6cnccn6)cc45)nc23)c1. The number of nitrogens with zero attached hydrogens (tertiary/aromatic N) is 13. The molecular weight excluding hydrogens is 769 g/mol. The lowest BCUT2D eigenvalue weighted by Crippen LogP contribution is -1.88. The van der Waals surface area contributed by atoms with Gasteiger partial charge in [0.05, 0.1) is 76.2 Å². The molecule has 0 bridgehead atoms. The minimum atomic E-state index is 0.644. The summed E-state index contributed by atoms with van der Waals surface area (Å²) in [6.07, 6.45) is 26.2. The second-order valence-electron chi connectivity index (χ2n) is 13.3. The Morgan fingerprint density at radius 3 is 1.70 bits per heavy atom. The minimum absolute atomic E-state index is 0.644. The van der Waals surface area contributed by atoms with Crippen LogP contribution in [0.5, 0.6) is 0 Å². The van der Waals surface area contributed by atoms with E-state index in [4.69, 9.17) is 9.97 Å². The summed E-state index contributed by atoms with van der Waals surface area (Å²) in [4.78, 5) is 50.7. The second-order valence-corrected chi connectivity index (χ2v) is 13.3. The van der Waals surface area contributed by atoms with Crippen LogP contribution >= 0.6 is 0 Å². The normalized spacial score (nSPS) is 11.1. The van der Waals surface area contributed by atoms with E-state index in [0.29, 0.717) is 28.7 Å². The topological polar surface area (TPSA) is 247 Å². The highest BCUT2D eigenvalue weighted by Gasteiger charge is 2.18. The van der Waals surface area contributed by atoms with Crippen molar-refractivity contribution < 1.29 is 0 Å². The molecule has 0 aromatic carbocycles. The molecule has 0 saturated heterocycles. The summed E-state index contributed by atoms with van der Waals surface area (Å²) in [5.74, 6) is 1.31. The monoisotopic (exact) mass is 800 g/mol. The first kappa shape index (κ1) is 36.4. The highest BCUT2D eigenvalue weighted by atomic mass is 15.2. The molecule has 12 aromatic rings. The van der Waals surface area contributed by atoms with Crippen molar-refractivity contribution in [1.29, 1.82) is 0 Å². The Kier molecular flexibility index (Phi) is 9.42. The Morgan fingerprint density at radius 2 is 1.10 bits per heavy atom. The largest absolute Gasteiger partial charge is 0.335 e. The zero-order valence-electron chi connectivity index (χ0n) is 32.4. The van der Waals surface area contributed by atoms with Crippen molar-refractivity contribution in [1.82, 2.24) is 90.4 Å². The van der Waals surface area contributed by atoms with Gasteiger partial charge in [-0.25, -0.2) is 9.97 Å². The number of aromatic amines is 5. The summed E-state index contributed by atoms with van der Waals surface area (Å²) in [5, 5.41) is 23.6. The van der Waals surface area contributed by atoms with Crippen molar-refractivity contribution in [2.24, 2.45) is 0 Å². The lowest BCUT2D eigenvalue weighted by atomic mass is 10.1. The summed E-state index contributed by atoms with van der Waals surface area (Å²) in [6, 6.07) is 11.7. The van der Waals surface area contributed by atoms with Crippen LogP contribution in [-0.2, 0) is 0 Å². The van der Waals surface area contributed by atoms with E-state index in [0.717, 1.165) is 83.1 Å². The number of H-pyrrole nitrogens is 5. The fraction of sp³-hybridized carbons (Fsp3) is 0.0465. The van der Waals surface area contributed by atoms with E-state index in [9.17, 15) is 0 Å². The van der Waals surface area contributed by atoms with Crippen LogP contribution in [0.15, 0.2) is 129 Å². The van der Waals surface area contributed by atoms with Gasteiger partial charge in [0.25, 0.3) is 0 Å². The third-order valence-corrected chi connectivity index (χ3v) is 9.71. The van der Waals surface area contributed by atoms with Crippen molar-refractivity contribution in [3.8, 4) is 67.9 Å². The Labute approximate surface area is 344 Å². The van der Waals surface area contributed by atoms with Crippen LogP contribution in [0.4, 0.5) is 0 Å². The molecule has 61 heavy (non-hydrogen) atoms. The molecule has 0 aliphatic carbocycles. The molecule has 0 fully saturated rings. The van der Waals surface area contributed by atoms with E-state index < -0.39 is 0 Å². The predicted molar refractivity (Wildman–Crippen MR) is 230 cm³/mol. The van der Waals surface area contributed by atoms with Crippen LogP contribution in [0, 0.1) is 0 Å². The summed E-state index contributed by atoms with van der Waals surface area (Å²) in [6.45, 7) is 4.00. The highest BCUT2D eigenvalue weighted by Crippen LogP contribution is 2.33. The molecule has 12 rings (SSSR count). The number of nitrogens with one attached hydrogen (secondary N) is 5. The molecule has 12 aromatic heterocycles. The number of hydrogen-bond acceptors (Lipinski definition) is 13. The molecule has 0 saturated carbocycles. The standard InChI is InChI=1S/C21H13N9.C20H13N9.C2H6/c1-2-12(7-22-3-1)14-8-24-10-18-19(14)28-21(27-18)20-13-6-15(17-9-23-4-5-25-17)26-11-16(13)29-30-20;1-3-21-4-2-11(1)14-8-22-9-17-18(14)27-20(26-17)19-13-5-15(12-6-24-25-7-12)23-10-16(13)28-29-19;1-2/h1-11H,(H,27,28)(H,29,30);1-10H,(H,24,25)(H,26,27)(H,28,29);1-2H3. The molecule has 5 N–H and O–H groups in total. The van der Waals surface area contributed by atoms with E-state index in [1.54, 1.807) is 80.6 Å². The zero-order chi connectivity index (χ0) is 41.1. The van der Waals surface area contributed by atoms with Gasteiger partial charge in [0.1, 0.15) is 22.6 Å². The van der Waals surface area contributed by atoms with Crippen molar-refractivity contribution >= 4 is 43.9 Å². The zero-order valence-corrected chi connectivity index (χ0v) is 32.4. The summed E-state index contributed by atoms with van der Waals surface area (Å²) in [7, 11) is 0. The molecule has 12 heterocycles. The maximum absolute atomic E-state index is 4.84. The number of fused-ring (bicyclic) bond motifs is 4. The van der Waals surface area contributed by atoms with E-state index in [1.807, 2.05) is 62.6 Å². The first-order valence-electron chi connectivity index (χ1n) is 19.2. The van der Waals surface area contributed by atoms with Crippen molar-refractivity contribution in [2.45, 2.75) is 13.8 Å². The Bertz CT molecular complexity index is 3390. The number of aromatic nitrogens is 18. The maximum Gasteiger partial charge on any atom is 0.159 e. The van der Waals surface area contributed by atoms with Gasteiger partial charge in [-0.2, -0.15) is 15.3 Å². The molecule has 0 amide bonds. The summed E-state index contributed by atoms with van der Waals surface area (Å²) in [5.41, 5.74) is 13.3. The third-order valence-electron chi connectivity index (χ3n) is 9.71. The Morgan fingerprint density at radius 1 is 0.459 bits per heavy atom. The fourth-order valence-electron chi connectivity index (χ4n) is 6.88. The second kappa shape index (κ2) is 15.8. The van der Waals surface area contributed by atoms with Crippen LogP contribution in [-0.4, -0.2) is 90.4 Å². The van der Waals surface area contributed by atoms with Gasteiger partial charge in [0.2, 0.25) is 0 Å². The van der Waals surface area contributed by atoms with Crippen LogP contribution in [0.2, 0.25) is 0 Å². The van der Waals surface area contributed by atoms with Gasteiger partial charge in [0, 0.05) is 88.8 Å². The van der Waals surface area contributed by atoms with Crippen molar-refractivity contribution in [3.63, 3.8) is 0 Å². The number of imidazole rings is 2. The van der Waals surface area contributed by atoms with E-state index in [2.05, 4.69) is 80.4 Å². The highest BCUT2D eigenvalue weighted by molar-refractivity contribution is 5.98. The van der Waals surface area contributed by atoms with Crippen LogP contribution in [0.1, 0.15) is 13.8 Å². The summed E-state index contributed by atoms with van der Waals surface area (Å²) >= 11 is 0. The number of hydrogen-bond donors (Lipinski definition) is 5. The first-order chi connectivity index (χ1) is 30.2. The van der Waals surface area contributed by atoms with E-state index in [-0.39, 0.29) is 0 Å². The molecular formula is C43H32N18. The lowest BCUT2D eigenvalue weighted by Gasteiger charge is -2.00. The van der Waals surface area contributed by atoms with Crippen LogP contribution in [0.3, 0.4) is 0 Å². The van der Waals surface area contributed by atoms with Gasteiger partial charge in [-0.3, -0.25) is 55.2 Å². The van der Waals surface area contributed by atoms with E-state index >= 15 is 0 Å². The van der Waals surface area contributed by atoms with Crippen LogP contribution < -0.4 is 0 Å². The van der Waals surface area contributed by atoms with Gasteiger partial charge in [0.15, 0.2) is 11.6 Å². The van der Waals surface area contributed by atoms with Gasteiger partial charge in [-0.05, 0) is 35.9 Å². The molecule has 0 atom stereocenters. The molecule has 18 nitrogen and oxygen atoms in total. The quantitative estimate of drug-likeness (QED) is 0.108. The molecule has 294 valence electrons. The van der Waals surface area contributed by atoms with Gasteiger partial charge in [-0.1, -0.05) is 19.9 Å². The fourth-order valence-corrected chi connectivity index (χ4v) is 6.88. The van der Waals surface area contributed by atoms with E-state index in [1.165, 1.54) is 0 Å². The first-order valence-corrected chi connectivity index (χ1v) is 19.2. The molecule has 0 radical (unpaired) electrons. The molecule has 0 aliphatic heterocycles. The average Bonchev–Trinajstić information content (AvgIpc) is 4.19. The Hall–Kier alpha value is -8.93. The molecule has 0 spiro atoms. The minimum Gasteiger partial charge on any atom is -0.335 e. The number of rotatable bonds is 6. The van der Waals surface area contributed by atoms with Crippen molar-refractivity contribution in [3.05, 3.63) is 129 Å².